The van der Waals surface area contributed by atoms with E-state index >= 15 is 0 Å². The zero-order valence-electron chi connectivity index (χ0n) is 11.8. The van der Waals surface area contributed by atoms with E-state index in [0.717, 1.165) is 24.3 Å². The van der Waals surface area contributed by atoms with Crippen LogP contribution in [0.5, 0.6) is 5.75 Å². The van der Waals surface area contributed by atoms with Gasteiger partial charge >= 0.3 is 0 Å². The van der Waals surface area contributed by atoms with Crippen molar-refractivity contribution >= 4 is 5.82 Å². The first-order chi connectivity index (χ1) is 9.08. The number of hydrogen-bond acceptors (Lipinski definition) is 3. The van der Waals surface area contributed by atoms with Crippen LogP contribution in [0.4, 0.5) is 5.82 Å². The fraction of sp³-hybridized carbons (Fsp3) is 0.400. The molecule has 1 heterocycles. The largest absolute Gasteiger partial charge is 0.497 e. The molecular weight excluding hydrogens is 238 g/mol. The third kappa shape index (κ3) is 3.50. The zero-order valence-corrected chi connectivity index (χ0v) is 11.8. The summed E-state index contributed by atoms with van der Waals surface area (Å²) in [6, 6.07) is 7.99. The lowest BCUT2D eigenvalue weighted by Gasteiger charge is -2.04. The molecule has 19 heavy (non-hydrogen) atoms. The maximum atomic E-state index is 5.94. The van der Waals surface area contributed by atoms with Crippen LogP contribution >= 0.6 is 0 Å². The minimum Gasteiger partial charge on any atom is -0.497 e. The SMILES string of the molecule is COc1ccc(Cn2cc(CC(C)C)c(N)n2)cc1. The van der Waals surface area contributed by atoms with Gasteiger partial charge in [-0.05, 0) is 30.0 Å². The summed E-state index contributed by atoms with van der Waals surface area (Å²) >= 11 is 0. The number of benzene rings is 1. The van der Waals surface area contributed by atoms with Gasteiger partial charge in [0.25, 0.3) is 0 Å². The van der Waals surface area contributed by atoms with Crippen molar-refractivity contribution in [2.45, 2.75) is 26.8 Å². The maximum absolute atomic E-state index is 5.94. The van der Waals surface area contributed by atoms with Crippen LogP contribution < -0.4 is 10.5 Å². The van der Waals surface area contributed by atoms with Crippen molar-refractivity contribution in [3.8, 4) is 5.75 Å². The second kappa shape index (κ2) is 5.78. The van der Waals surface area contributed by atoms with Gasteiger partial charge in [0.05, 0.1) is 13.7 Å². The lowest BCUT2D eigenvalue weighted by molar-refractivity contribution is 0.414. The van der Waals surface area contributed by atoms with Crippen LogP contribution in [-0.4, -0.2) is 16.9 Å². The number of rotatable bonds is 5. The third-order valence-electron chi connectivity index (χ3n) is 3.00. The quantitative estimate of drug-likeness (QED) is 0.898. The molecule has 0 unspecified atom stereocenters. The molecular formula is C15H21N3O. The Morgan fingerprint density at radius 3 is 2.53 bits per heavy atom. The Morgan fingerprint density at radius 2 is 1.95 bits per heavy atom. The van der Waals surface area contributed by atoms with Gasteiger partial charge in [-0.25, -0.2) is 0 Å². The second-order valence-corrected chi connectivity index (χ2v) is 5.18. The number of nitrogens with zero attached hydrogens (tertiary/aromatic N) is 2. The number of nitrogen functional groups attached to an aromatic ring is 1. The molecule has 0 fully saturated rings. The van der Waals surface area contributed by atoms with Crippen molar-refractivity contribution in [2.24, 2.45) is 5.92 Å². The number of anilines is 1. The molecule has 0 saturated heterocycles. The summed E-state index contributed by atoms with van der Waals surface area (Å²) in [6.07, 6.45) is 3.01. The highest BCUT2D eigenvalue weighted by molar-refractivity contribution is 5.38. The summed E-state index contributed by atoms with van der Waals surface area (Å²) in [6.45, 7) is 5.09. The van der Waals surface area contributed by atoms with Gasteiger partial charge < -0.3 is 10.5 Å². The van der Waals surface area contributed by atoms with Crippen LogP contribution in [0.3, 0.4) is 0 Å². The minimum atomic E-state index is 0.584. The topological polar surface area (TPSA) is 53.1 Å². The summed E-state index contributed by atoms with van der Waals surface area (Å²) in [5.74, 6) is 2.09. The average Bonchev–Trinajstić information content (AvgIpc) is 2.70. The summed E-state index contributed by atoms with van der Waals surface area (Å²) in [5, 5.41) is 4.36. The standard InChI is InChI=1S/C15H21N3O/c1-11(2)8-13-10-18(17-15(13)16)9-12-4-6-14(19-3)7-5-12/h4-7,10-11H,8-9H2,1-3H3,(H2,16,17). The van der Waals surface area contributed by atoms with Gasteiger partial charge in [0.2, 0.25) is 0 Å². The summed E-state index contributed by atoms with van der Waals surface area (Å²) in [4.78, 5) is 0. The van der Waals surface area contributed by atoms with E-state index in [4.69, 9.17) is 10.5 Å². The van der Waals surface area contributed by atoms with Crippen LogP contribution in [-0.2, 0) is 13.0 Å². The average molecular weight is 259 g/mol. The first kappa shape index (κ1) is 13.5. The minimum absolute atomic E-state index is 0.584. The predicted molar refractivity (Wildman–Crippen MR) is 77.3 cm³/mol. The molecule has 0 atom stereocenters. The van der Waals surface area contributed by atoms with Crippen LogP contribution in [0.25, 0.3) is 0 Å². The molecule has 1 aromatic carbocycles. The highest BCUT2D eigenvalue weighted by Crippen LogP contribution is 2.16. The molecule has 0 aliphatic rings. The van der Waals surface area contributed by atoms with Gasteiger partial charge in [0, 0.05) is 11.8 Å². The molecule has 2 rings (SSSR count). The molecule has 2 N–H and O–H groups in total. The number of ether oxygens (including phenoxy) is 1. The highest BCUT2D eigenvalue weighted by Gasteiger charge is 2.08. The molecule has 0 radical (unpaired) electrons. The molecule has 0 bridgehead atoms. The maximum Gasteiger partial charge on any atom is 0.148 e. The number of aromatic nitrogens is 2. The van der Waals surface area contributed by atoms with Crippen molar-refractivity contribution in [1.29, 1.82) is 0 Å². The van der Waals surface area contributed by atoms with Crippen molar-refractivity contribution in [3.63, 3.8) is 0 Å². The lowest BCUT2D eigenvalue weighted by Crippen LogP contribution is -2.00. The second-order valence-electron chi connectivity index (χ2n) is 5.18. The fourth-order valence-electron chi connectivity index (χ4n) is 2.07. The van der Waals surface area contributed by atoms with Crippen molar-refractivity contribution in [2.75, 3.05) is 12.8 Å². The Hall–Kier alpha value is -1.97. The Balaban J connectivity index is 2.09. The van der Waals surface area contributed by atoms with Gasteiger partial charge in [-0.15, -0.1) is 0 Å². The highest BCUT2D eigenvalue weighted by atomic mass is 16.5. The molecule has 0 aliphatic heterocycles. The molecule has 0 aliphatic carbocycles. The van der Waals surface area contributed by atoms with E-state index in [1.165, 1.54) is 5.56 Å². The smallest absolute Gasteiger partial charge is 0.148 e. The molecule has 4 heteroatoms. The van der Waals surface area contributed by atoms with Gasteiger partial charge in [0.1, 0.15) is 11.6 Å². The van der Waals surface area contributed by atoms with Crippen LogP contribution in [0.15, 0.2) is 30.5 Å². The molecule has 102 valence electrons. The lowest BCUT2D eigenvalue weighted by atomic mass is 10.1. The van der Waals surface area contributed by atoms with E-state index in [2.05, 4.69) is 18.9 Å². The van der Waals surface area contributed by atoms with E-state index in [9.17, 15) is 0 Å². The summed E-state index contributed by atoms with van der Waals surface area (Å²) in [5.41, 5.74) is 8.25. The van der Waals surface area contributed by atoms with Gasteiger partial charge in [0.15, 0.2) is 0 Å². The molecule has 1 aromatic heterocycles. The monoisotopic (exact) mass is 259 g/mol. The Morgan fingerprint density at radius 1 is 1.26 bits per heavy atom. The first-order valence-electron chi connectivity index (χ1n) is 6.53. The normalized spacial score (nSPS) is 10.9. The van der Waals surface area contributed by atoms with Gasteiger partial charge in [-0.1, -0.05) is 26.0 Å². The van der Waals surface area contributed by atoms with Gasteiger partial charge in [-0.2, -0.15) is 5.10 Å². The van der Waals surface area contributed by atoms with Crippen molar-refractivity contribution in [1.82, 2.24) is 9.78 Å². The van der Waals surface area contributed by atoms with Crippen molar-refractivity contribution < 1.29 is 4.74 Å². The molecule has 0 saturated carbocycles. The molecule has 0 spiro atoms. The van der Waals surface area contributed by atoms with Gasteiger partial charge in [-0.3, -0.25) is 4.68 Å². The molecule has 4 nitrogen and oxygen atoms in total. The third-order valence-corrected chi connectivity index (χ3v) is 3.00. The predicted octanol–water partition coefficient (Wildman–Crippen LogP) is 2.72. The number of methoxy groups -OCH3 is 1. The van der Waals surface area contributed by atoms with Crippen LogP contribution in [0.2, 0.25) is 0 Å². The van der Waals surface area contributed by atoms with Crippen LogP contribution in [0.1, 0.15) is 25.0 Å². The van der Waals surface area contributed by atoms with E-state index in [1.807, 2.05) is 35.1 Å². The Labute approximate surface area is 114 Å². The number of hydrogen-bond donors (Lipinski definition) is 1. The zero-order chi connectivity index (χ0) is 13.8. The van der Waals surface area contributed by atoms with Crippen molar-refractivity contribution in [3.05, 3.63) is 41.6 Å². The van der Waals surface area contributed by atoms with E-state index < -0.39 is 0 Å². The molecule has 0 amide bonds. The van der Waals surface area contributed by atoms with E-state index in [-0.39, 0.29) is 0 Å². The van der Waals surface area contributed by atoms with E-state index in [1.54, 1.807) is 7.11 Å². The Kier molecular flexibility index (Phi) is 4.10. The summed E-state index contributed by atoms with van der Waals surface area (Å²) in [7, 11) is 1.67. The van der Waals surface area contributed by atoms with E-state index in [0.29, 0.717) is 11.7 Å². The Bertz CT molecular complexity index is 529. The molecule has 2 aromatic rings. The fourth-order valence-corrected chi connectivity index (χ4v) is 2.07. The number of nitrogens with two attached hydrogens (primary N) is 1. The van der Waals surface area contributed by atoms with Crippen LogP contribution in [0, 0.1) is 5.92 Å². The first-order valence-corrected chi connectivity index (χ1v) is 6.53. The summed E-state index contributed by atoms with van der Waals surface area (Å²) < 4.78 is 7.04.